The molecule has 1 N–H and O–H groups in total. The lowest BCUT2D eigenvalue weighted by Crippen LogP contribution is -2.49. The number of thioether (sulfide) groups is 1. The average molecular weight is 380 g/mol. The van der Waals surface area contributed by atoms with Crippen LogP contribution in [0.15, 0.2) is 6.07 Å². The lowest BCUT2D eigenvalue weighted by Gasteiger charge is -2.35. The lowest BCUT2D eigenvalue weighted by molar-refractivity contribution is -0.131. The van der Waals surface area contributed by atoms with Crippen LogP contribution in [0, 0.1) is 0 Å². The van der Waals surface area contributed by atoms with Crippen molar-refractivity contribution in [3.63, 3.8) is 0 Å². The fourth-order valence-electron chi connectivity index (χ4n) is 2.97. The van der Waals surface area contributed by atoms with Gasteiger partial charge in [0.15, 0.2) is 0 Å². The minimum Gasteiger partial charge on any atom is -0.377 e. The van der Waals surface area contributed by atoms with E-state index in [0.717, 1.165) is 56.9 Å². The van der Waals surface area contributed by atoms with Crippen LogP contribution in [-0.2, 0) is 14.3 Å². The molecular weight excluding hydrogens is 350 g/mol. The van der Waals surface area contributed by atoms with Crippen molar-refractivity contribution >= 4 is 29.4 Å². The Morgan fingerprint density at radius 2 is 2.00 bits per heavy atom. The molecule has 7 nitrogen and oxygen atoms in total. The van der Waals surface area contributed by atoms with Gasteiger partial charge in [0.05, 0.1) is 29.7 Å². The van der Waals surface area contributed by atoms with Crippen LogP contribution in [0.4, 0.5) is 11.8 Å². The van der Waals surface area contributed by atoms with Crippen LogP contribution in [0.3, 0.4) is 0 Å². The Balaban J connectivity index is 1.80. The van der Waals surface area contributed by atoms with Gasteiger partial charge in [0.2, 0.25) is 11.9 Å². The third-order valence-corrected chi connectivity index (χ3v) is 6.28. The van der Waals surface area contributed by atoms with Crippen molar-refractivity contribution in [3.8, 4) is 0 Å². The van der Waals surface area contributed by atoms with Gasteiger partial charge in [0.25, 0.3) is 0 Å². The zero-order valence-corrected chi connectivity index (χ0v) is 16.9. The standard InChI is InChI=1S/C18H29N5O2S/c1-5-16(24)22-6-8-23(9-7-22)17-20-14(18(2,3)26-4)10-15(21-17)19-13-11-25-12-13/h10,13H,5-9,11-12H2,1-4H3,(H,19,20,21). The zero-order chi connectivity index (χ0) is 18.7. The second-order valence-corrected chi connectivity index (χ2v) is 8.68. The van der Waals surface area contributed by atoms with Crippen LogP contribution in [0.25, 0.3) is 0 Å². The van der Waals surface area contributed by atoms with Gasteiger partial charge in [-0.1, -0.05) is 6.92 Å². The number of hydrogen-bond donors (Lipinski definition) is 1. The molecule has 1 aromatic heterocycles. The largest absolute Gasteiger partial charge is 0.377 e. The Hall–Kier alpha value is -1.54. The summed E-state index contributed by atoms with van der Waals surface area (Å²) < 4.78 is 5.17. The summed E-state index contributed by atoms with van der Waals surface area (Å²) in [5.74, 6) is 1.82. The highest BCUT2D eigenvalue weighted by Crippen LogP contribution is 2.34. The maximum Gasteiger partial charge on any atom is 0.227 e. The highest BCUT2D eigenvalue weighted by molar-refractivity contribution is 7.99. The Labute approximate surface area is 159 Å². The van der Waals surface area contributed by atoms with Crippen molar-refractivity contribution in [3.05, 3.63) is 11.8 Å². The van der Waals surface area contributed by atoms with E-state index in [4.69, 9.17) is 14.7 Å². The molecule has 8 heteroatoms. The number of nitrogens with zero attached hydrogens (tertiary/aromatic N) is 4. The summed E-state index contributed by atoms with van der Waals surface area (Å²) in [4.78, 5) is 25.6. The first-order chi connectivity index (χ1) is 12.4. The molecule has 0 unspecified atom stereocenters. The number of aromatic nitrogens is 2. The van der Waals surface area contributed by atoms with Crippen LogP contribution in [0.2, 0.25) is 0 Å². The van der Waals surface area contributed by atoms with E-state index in [1.54, 1.807) is 11.8 Å². The molecule has 0 aromatic carbocycles. The monoisotopic (exact) mass is 379 g/mol. The topological polar surface area (TPSA) is 70.6 Å². The van der Waals surface area contributed by atoms with Crippen molar-refractivity contribution < 1.29 is 9.53 Å². The number of carbonyl (C=O) groups excluding carboxylic acids is 1. The first-order valence-corrected chi connectivity index (χ1v) is 10.5. The maximum absolute atomic E-state index is 11.9. The van der Waals surface area contributed by atoms with Gasteiger partial charge < -0.3 is 19.9 Å². The van der Waals surface area contributed by atoms with Crippen LogP contribution in [0.5, 0.6) is 0 Å². The van der Waals surface area contributed by atoms with Crippen LogP contribution in [-0.4, -0.2) is 72.5 Å². The SMILES string of the molecule is CCC(=O)N1CCN(c2nc(NC3COC3)cc(C(C)(C)SC)n2)CC1. The molecule has 3 heterocycles. The quantitative estimate of drug-likeness (QED) is 0.810. The third-order valence-electron chi connectivity index (χ3n) is 5.05. The van der Waals surface area contributed by atoms with Gasteiger partial charge in [-0.2, -0.15) is 16.7 Å². The molecule has 2 aliphatic heterocycles. The minimum atomic E-state index is -0.0930. The van der Waals surface area contributed by atoms with E-state index < -0.39 is 0 Å². The summed E-state index contributed by atoms with van der Waals surface area (Å²) in [5, 5.41) is 3.45. The van der Waals surface area contributed by atoms with E-state index >= 15 is 0 Å². The van der Waals surface area contributed by atoms with E-state index in [-0.39, 0.29) is 10.7 Å². The first-order valence-electron chi connectivity index (χ1n) is 9.24. The first kappa shape index (κ1) is 19.2. The van der Waals surface area contributed by atoms with Crippen molar-refractivity contribution in [2.75, 3.05) is 55.9 Å². The van der Waals surface area contributed by atoms with E-state index in [2.05, 4.69) is 36.4 Å². The average Bonchev–Trinajstić information content (AvgIpc) is 2.64. The van der Waals surface area contributed by atoms with Gasteiger partial charge in [-0.05, 0) is 20.1 Å². The van der Waals surface area contributed by atoms with Gasteiger partial charge in [0, 0.05) is 38.7 Å². The number of carbonyl (C=O) groups is 1. The number of anilines is 2. The number of nitrogens with one attached hydrogen (secondary N) is 1. The van der Waals surface area contributed by atoms with Gasteiger partial charge in [-0.3, -0.25) is 4.79 Å². The molecule has 2 fully saturated rings. The predicted molar refractivity (Wildman–Crippen MR) is 106 cm³/mol. The van der Waals surface area contributed by atoms with Crippen molar-refractivity contribution in [2.24, 2.45) is 0 Å². The van der Waals surface area contributed by atoms with Crippen molar-refractivity contribution in [1.29, 1.82) is 0 Å². The maximum atomic E-state index is 11.9. The van der Waals surface area contributed by atoms with Crippen molar-refractivity contribution in [2.45, 2.75) is 38.0 Å². The summed E-state index contributed by atoms with van der Waals surface area (Å²) >= 11 is 1.78. The third kappa shape index (κ3) is 4.23. The molecule has 0 saturated carbocycles. The zero-order valence-electron chi connectivity index (χ0n) is 16.1. The second-order valence-electron chi connectivity index (χ2n) is 7.25. The molecular formula is C18H29N5O2S. The highest BCUT2D eigenvalue weighted by atomic mass is 32.2. The number of piperazine rings is 1. The fraction of sp³-hybridized carbons (Fsp3) is 0.722. The molecule has 0 bridgehead atoms. The minimum absolute atomic E-state index is 0.0930. The summed E-state index contributed by atoms with van der Waals surface area (Å²) in [5.41, 5.74) is 1.02. The molecule has 0 radical (unpaired) electrons. The van der Waals surface area contributed by atoms with Crippen LogP contribution in [0.1, 0.15) is 32.9 Å². The summed E-state index contributed by atoms with van der Waals surface area (Å²) in [6.07, 6.45) is 2.66. The Morgan fingerprint density at radius 1 is 1.31 bits per heavy atom. The molecule has 26 heavy (non-hydrogen) atoms. The molecule has 1 amide bonds. The molecule has 0 aliphatic carbocycles. The smallest absolute Gasteiger partial charge is 0.227 e. The lowest BCUT2D eigenvalue weighted by atomic mass is 10.1. The number of amides is 1. The van der Waals surface area contributed by atoms with E-state index in [1.165, 1.54) is 0 Å². The Kier molecular flexibility index (Phi) is 5.92. The van der Waals surface area contributed by atoms with Gasteiger partial charge in [-0.25, -0.2) is 4.98 Å². The number of ether oxygens (including phenoxy) is 1. The Bertz CT molecular complexity index is 642. The van der Waals surface area contributed by atoms with E-state index in [1.807, 2.05) is 11.8 Å². The van der Waals surface area contributed by atoms with E-state index in [0.29, 0.717) is 12.5 Å². The summed E-state index contributed by atoms with van der Waals surface area (Å²) in [7, 11) is 0. The van der Waals surface area contributed by atoms with Crippen LogP contribution < -0.4 is 10.2 Å². The molecule has 2 saturated heterocycles. The van der Waals surface area contributed by atoms with Gasteiger partial charge >= 0.3 is 0 Å². The molecule has 2 aliphatic rings. The molecule has 1 aromatic rings. The summed E-state index contributed by atoms with van der Waals surface area (Å²) in [6.45, 7) is 10.7. The molecule has 0 spiro atoms. The van der Waals surface area contributed by atoms with E-state index in [9.17, 15) is 4.79 Å². The molecule has 144 valence electrons. The van der Waals surface area contributed by atoms with Gasteiger partial charge in [-0.15, -0.1) is 0 Å². The predicted octanol–water partition coefficient (Wildman–Crippen LogP) is 1.94. The van der Waals surface area contributed by atoms with Gasteiger partial charge in [0.1, 0.15) is 5.82 Å². The summed E-state index contributed by atoms with van der Waals surface area (Å²) in [6, 6.07) is 2.37. The number of hydrogen-bond acceptors (Lipinski definition) is 7. The molecule has 0 atom stereocenters. The van der Waals surface area contributed by atoms with Crippen molar-refractivity contribution in [1.82, 2.24) is 14.9 Å². The fourth-order valence-corrected chi connectivity index (χ4v) is 3.28. The second kappa shape index (κ2) is 8.00. The highest BCUT2D eigenvalue weighted by Gasteiger charge is 2.27. The van der Waals surface area contributed by atoms with Crippen LogP contribution >= 0.6 is 11.8 Å². The molecule has 3 rings (SSSR count). The normalized spacial score (nSPS) is 18.6. The Morgan fingerprint density at radius 3 is 2.54 bits per heavy atom. The number of rotatable bonds is 6.